The van der Waals surface area contributed by atoms with Crippen molar-refractivity contribution in [3.05, 3.63) is 34.4 Å². The van der Waals surface area contributed by atoms with Crippen molar-refractivity contribution in [3.63, 3.8) is 0 Å². The lowest BCUT2D eigenvalue weighted by Gasteiger charge is -2.40. The Hall–Kier alpha value is -2.79. The third-order valence-corrected chi connectivity index (χ3v) is 6.85. The average molecular weight is 482 g/mol. The number of hydrogen-bond donors (Lipinski definition) is 1. The second-order valence-electron chi connectivity index (χ2n) is 7.46. The Morgan fingerprint density at radius 3 is 2.72 bits per heavy atom. The molecule has 0 aliphatic carbocycles. The zero-order chi connectivity index (χ0) is 23.2. The molecule has 168 valence electrons. The highest BCUT2D eigenvalue weighted by Gasteiger charge is 2.32. The van der Waals surface area contributed by atoms with Crippen LogP contribution in [0.15, 0.2) is 28.1 Å². The van der Waals surface area contributed by atoms with Crippen molar-refractivity contribution in [2.75, 3.05) is 18.4 Å². The molecular formula is C20H19ClF3N7S. The normalized spacial score (nSPS) is 16.0. The minimum absolute atomic E-state index is 0.0114. The molecule has 4 heterocycles. The Morgan fingerprint density at radius 2 is 2.06 bits per heavy atom. The quantitative estimate of drug-likeness (QED) is 0.414. The molecule has 0 atom stereocenters. The number of aromatic nitrogens is 3. The lowest BCUT2D eigenvalue weighted by Crippen LogP contribution is -2.56. The topological polar surface area (TPSA) is 78.7 Å². The zero-order valence-corrected chi connectivity index (χ0v) is 19.0. The van der Waals surface area contributed by atoms with Crippen LogP contribution < -0.4 is 5.32 Å². The van der Waals surface area contributed by atoms with E-state index in [1.807, 2.05) is 13.8 Å². The van der Waals surface area contributed by atoms with Crippen LogP contribution in [0.4, 0.5) is 19.0 Å². The van der Waals surface area contributed by atoms with Crippen molar-refractivity contribution in [2.45, 2.75) is 33.0 Å². The van der Waals surface area contributed by atoms with E-state index in [4.69, 9.17) is 11.6 Å². The summed E-state index contributed by atoms with van der Waals surface area (Å²) >= 11 is 7.87. The van der Waals surface area contributed by atoms with Crippen LogP contribution in [0, 0.1) is 13.8 Å². The van der Waals surface area contributed by atoms with Gasteiger partial charge >= 0.3 is 6.18 Å². The Kier molecular flexibility index (Phi) is 5.80. The summed E-state index contributed by atoms with van der Waals surface area (Å²) in [4.78, 5) is 23.6. The number of pyridine rings is 1. The summed E-state index contributed by atoms with van der Waals surface area (Å²) < 4.78 is 38.8. The van der Waals surface area contributed by atoms with Gasteiger partial charge in [-0.1, -0.05) is 11.6 Å². The maximum Gasteiger partial charge on any atom is 0.413 e. The second-order valence-corrected chi connectivity index (χ2v) is 8.84. The first-order valence-corrected chi connectivity index (χ1v) is 10.8. The molecule has 0 amide bonds. The third-order valence-electron chi connectivity index (χ3n) is 5.21. The van der Waals surface area contributed by atoms with E-state index in [-0.39, 0.29) is 12.0 Å². The van der Waals surface area contributed by atoms with Crippen LogP contribution in [-0.4, -0.2) is 57.8 Å². The van der Waals surface area contributed by atoms with Crippen LogP contribution in [0.3, 0.4) is 0 Å². The van der Waals surface area contributed by atoms with Gasteiger partial charge in [0.1, 0.15) is 17.0 Å². The minimum Gasteiger partial charge on any atom is -0.362 e. The standard InChI is InChI=1S/C20H19ClF3N7S/c1-9(20(22,23)24)5-26-19(25-4)31-6-12(7-31)30-17-16-15(27-8-28-17)13-10(2)14(21)11(3)29-18(13)32-16/h5,8,12H,4,6-7H2,1-3H3,(H,27,28,30)/b9-5+,26-19+. The molecule has 3 aromatic rings. The number of alkyl halides is 3. The van der Waals surface area contributed by atoms with Gasteiger partial charge in [-0.05, 0) is 33.1 Å². The number of likely N-dealkylation sites (tertiary alicyclic amines) is 1. The van der Waals surface area contributed by atoms with Gasteiger partial charge < -0.3 is 10.2 Å². The molecule has 0 radical (unpaired) electrons. The predicted octanol–water partition coefficient (Wildman–Crippen LogP) is 5.13. The van der Waals surface area contributed by atoms with Crippen molar-refractivity contribution in [3.8, 4) is 0 Å². The number of rotatable bonds is 3. The summed E-state index contributed by atoms with van der Waals surface area (Å²) in [6.45, 7) is 9.17. The number of guanidine groups is 1. The highest BCUT2D eigenvalue weighted by Crippen LogP contribution is 2.39. The van der Waals surface area contributed by atoms with E-state index in [0.717, 1.165) is 44.8 Å². The van der Waals surface area contributed by atoms with Crippen molar-refractivity contribution in [1.29, 1.82) is 0 Å². The van der Waals surface area contributed by atoms with Gasteiger partial charge in [0.2, 0.25) is 5.96 Å². The molecule has 1 aliphatic heterocycles. The SMILES string of the molecule is C=N/C(=N\C=C(/C)C(F)(F)F)N1CC(Nc2ncnc3c2sc2nc(C)c(Cl)c(C)c23)C1. The number of aryl methyl sites for hydroxylation is 2. The lowest BCUT2D eigenvalue weighted by atomic mass is 10.1. The molecule has 0 bridgehead atoms. The molecule has 0 saturated carbocycles. The number of halogens is 4. The van der Waals surface area contributed by atoms with E-state index in [2.05, 4.69) is 37.0 Å². The fourth-order valence-electron chi connectivity index (χ4n) is 3.38. The Labute approximate surface area is 190 Å². The molecule has 1 aliphatic rings. The molecule has 7 nitrogen and oxygen atoms in total. The van der Waals surface area contributed by atoms with Crippen LogP contribution in [0.1, 0.15) is 18.2 Å². The number of hydrogen-bond acceptors (Lipinski definition) is 6. The fraction of sp³-hybridized carbons (Fsp3) is 0.350. The molecular weight excluding hydrogens is 463 g/mol. The van der Waals surface area contributed by atoms with Gasteiger partial charge in [0.15, 0.2) is 0 Å². The predicted molar refractivity (Wildman–Crippen MR) is 123 cm³/mol. The van der Waals surface area contributed by atoms with Crippen molar-refractivity contribution >= 4 is 61.9 Å². The summed E-state index contributed by atoms with van der Waals surface area (Å²) in [5, 5.41) is 4.91. The summed E-state index contributed by atoms with van der Waals surface area (Å²) in [5.41, 5.74) is 1.67. The number of allylic oxidation sites excluding steroid dienone is 1. The second kappa shape index (κ2) is 8.28. The van der Waals surface area contributed by atoms with Gasteiger partial charge in [0.05, 0.1) is 27.0 Å². The Bertz CT molecular complexity index is 1280. The summed E-state index contributed by atoms with van der Waals surface area (Å²) in [7, 11) is 0. The van der Waals surface area contributed by atoms with Gasteiger partial charge in [-0.25, -0.2) is 24.9 Å². The molecule has 0 unspecified atom stereocenters. The minimum atomic E-state index is -4.42. The molecule has 1 N–H and O–H groups in total. The number of nitrogens with zero attached hydrogens (tertiary/aromatic N) is 6. The van der Waals surface area contributed by atoms with Crippen molar-refractivity contribution in [1.82, 2.24) is 19.9 Å². The van der Waals surface area contributed by atoms with E-state index in [0.29, 0.717) is 23.9 Å². The maximum absolute atomic E-state index is 12.6. The highest BCUT2D eigenvalue weighted by molar-refractivity contribution is 7.26. The Balaban J connectivity index is 1.54. The number of anilines is 1. The summed E-state index contributed by atoms with van der Waals surface area (Å²) in [5.74, 6) is 0.819. The number of thiophene rings is 1. The van der Waals surface area contributed by atoms with Gasteiger partial charge in [-0.2, -0.15) is 13.2 Å². The molecule has 12 heteroatoms. The van der Waals surface area contributed by atoms with Crippen LogP contribution in [0.5, 0.6) is 0 Å². The monoisotopic (exact) mass is 481 g/mol. The first-order valence-electron chi connectivity index (χ1n) is 9.60. The lowest BCUT2D eigenvalue weighted by molar-refractivity contribution is -0.0914. The first-order chi connectivity index (χ1) is 15.1. The molecule has 0 aromatic carbocycles. The van der Waals surface area contributed by atoms with E-state index in [1.165, 1.54) is 17.7 Å². The number of fused-ring (bicyclic) bond motifs is 3. The number of aliphatic imine (C=N–C) groups is 2. The smallest absolute Gasteiger partial charge is 0.362 e. The van der Waals surface area contributed by atoms with Crippen LogP contribution in [0.2, 0.25) is 5.02 Å². The average Bonchev–Trinajstić information content (AvgIpc) is 3.08. The van der Waals surface area contributed by atoms with Gasteiger partial charge in [-0.3, -0.25) is 0 Å². The maximum atomic E-state index is 12.6. The summed E-state index contributed by atoms with van der Waals surface area (Å²) in [6, 6.07) is 0.0114. The molecule has 4 rings (SSSR count). The van der Waals surface area contributed by atoms with E-state index < -0.39 is 11.7 Å². The van der Waals surface area contributed by atoms with Crippen molar-refractivity contribution in [2.24, 2.45) is 9.98 Å². The largest absolute Gasteiger partial charge is 0.413 e. The Morgan fingerprint density at radius 1 is 1.34 bits per heavy atom. The molecule has 32 heavy (non-hydrogen) atoms. The van der Waals surface area contributed by atoms with Gasteiger partial charge in [0, 0.05) is 30.2 Å². The summed E-state index contributed by atoms with van der Waals surface area (Å²) in [6.07, 6.45) is -2.17. The highest BCUT2D eigenvalue weighted by atomic mass is 35.5. The van der Waals surface area contributed by atoms with Crippen LogP contribution >= 0.6 is 22.9 Å². The van der Waals surface area contributed by atoms with Gasteiger partial charge in [-0.15, -0.1) is 11.3 Å². The van der Waals surface area contributed by atoms with Gasteiger partial charge in [0.25, 0.3) is 0 Å². The van der Waals surface area contributed by atoms with Crippen molar-refractivity contribution < 1.29 is 13.2 Å². The third kappa shape index (κ3) is 4.02. The molecule has 1 fully saturated rings. The van der Waals surface area contributed by atoms with E-state index in [9.17, 15) is 13.2 Å². The van der Waals surface area contributed by atoms with E-state index >= 15 is 0 Å². The first kappa shape index (κ1) is 22.4. The van der Waals surface area contributed by atoms with Crippen LogP contribution in [0.25, 0.3) is 20.4 Å². The van der Waals surface area contributed by atoms with Crippen LogP contribution in [-0.2, 0) is 0 Å². The van der Waals surface area contributed by atoms with E-state index in [1.54, 1.807) is 4.90 Å². The molecule has 1 saturated heterocycles. The number of nitrogens with one attached hydrogen (secondary N) is 1. The molecule has 3 aromatic heterocycles. The fourth-order valence-corrected chi connectivity index (χ4v) is 4.70. The molecule has 0 spiro atoms. The zero-order valence-electron chi connectivity index (χ0n) is 17.5.